The third-order valence-corrected chi connectivity index (χ3v) is 4.91. The minimum atomic E-state index is 0.0169. The molecule has 0 radical (unpaired) electrons. The third-order valence-electron chi connectivity index (χ3n) is 4.91. The average molecular weight is 361 g/mol. The quantitative estimate of drug-likeness (QED) is 0.717. The molecule has 1 aliphatic rings. The molecular weight excluding hydrogens is 338 g/mol. The molecule has 0 spiro atoms. The Bertz CT molecular complexity index is 899. The molecule has 1 saturated heterocycles. The minimum Gasteiger partial charge on any atom is -0.335 e. The van der Waals surface area contributed by atoms with Gasteiger partial charge in [0.1, 0.15) is 0 Å². The number of nitrogens with zero attached hydrogens (tertiary/aromatic N) is 5. The van der Waals surface area contributed by atoms with Crippen molar-refractivity contribution >= 4 is 5.91 Å². The van der Waals surface area contributed by atoms with Crippen LogP contribution in [0.15, 0.2) is 61.1 Å². The van der Waals surface area contributed by atoms with Gasteiger partial charge in [-0.15, -0.1) is 0 Å². The van der Waals surface area contributed by atoms with Gasteiger partial charge in [0.05, 0.1) is 5.69 Å². The number of carbonyl (C=O) groups excluding carboxylic acids is 1. The first-order valence-corrected chi connectivity index (χ1v) is 9.23. The lowest BCUT2D eigenvalue weighted by Crippen LogP contribution is -2.48. The fourth-order valence-electron chi connectivity index (χ4n) is 3.39. The Labute approximate surface area is 159 Å². The maximum Gasteiger partial charge on any atom is 0.274 e. The molecule has 0 saturated carbocycles. The lowest BCUT2D eigenvalue weighted by atomic mass is 10.2. The van der Waals surface area contributed by atoms with E-state index < -0.39 is 0 Å². The molecule has 1 aliphatic heterocycles. The van der Waals surface area contributed by atoms with Crippen molar-refractivity contribution in [3.8, 4) is 5.69 Å². The molecule has 0 unspecified atom stereocenters. The third kappa shape index (κ3) is 3.90. The van der Waals surface area contributed by atoms with E-state index in [1.54, 1.807) is 10.9 Å². The summed E-state index contributed by atoms with van der Waals surface area (Å²) in [4.78, 5) is 21.4. The van der Waals surface area contributed by atoms with E-state index in [-0.39, 0.29) is 5.91 Å². The Morgan fingerprint density at radius 1 is 1.04 bits per heavy atom. The van der Waals surface area contributed by atoms with Crippen LogP contribution in [0.3, 0.4) is 0 Å². The van der Waals surface area contributed by atoms with E-state index in [0.29, 0.717) is 5.69 Å². The molecule has 0 atom stereocenters. The number of hydrogen-bond acceptors (Lipinski definition) is 4. The maximum absolute atomic E-state index is 13.0. The SMILES string of the molecule is Cc1cn(-c2ccccc2)nc1C(=O)N1CCN(Cc2cccnc2)CC1. The van der Waals surface area contributed by atoms with E-state index in [0.717, 1.165) is 44.0 Å². The van der Waals surface area contributed by atoms with E-state index >= 15 is 0 Å². The van der Waals surface area contributed by atoms with Crippen molar-refractivity contribution in [2.24, 2.45) is 0 Å². The van der Waals surface area contributed by atoms with Crippen molar-refractivity contribution < 1.29 is 4.79 Å². The van der Waals surface area contributed by atoms with Gasteiger partial charge in [-0.25, -0.2) is 4.68 Å². The maximum atomic E-state index is 13.0. The first kappa shape index (κ1) is 17.4. The largest absolute Gasteiger partial charge is 0.335 e. The van der Waals surface area contributed by atoms with Crippen LogP contribution in [0.4, 0.5) is 0 Å². The first-order chi connectivity index (χ1) is 13.2. The van der Waals surface area contributed by atoms with Crippen LogP contribution >= 0.6 is 0 Å². The highest BCUT2D eigenvalue weighted by Crippen LogP contribution is 2.15. The summed E-state index contributed by atoms with van der Waals surface area (Å²) < 4.78 is 1.78. The zero-order valence-corrected chi connectivity index (χ0v) is 15.5. The van der Waals surface area contributed by atoms with Crippen LogP contribution in [-0.2, 0) is 6.54 Å². The molecule has 0 bridgehead atoms. The highest BCUT2D eigenvalue weighted by molar-refractivity contribution is 5.93. The van der Waals surface area contributed by atoms with Gasteiger partial charge in [0, 0.05) is 56.9 Å². The molecule has 1 amide bonds. The molecule has 6 heteroatoms. The molecule has 0 aliphatic carbocycles. The summed E-state index contributed by atoms with van der Waals surface area (Å²) >= 11 is 0. The molecule has 2 aromatic heterocycles. The Morgan fingerprint density at radius 2 is 1.81 bits per heavy atom. The van der Waals surface area contributed by atoms with Crippen molar-refractivity contribution in [1.29, 1.82) is 0 Å². The highest BCUT2D eigenvalue weighted by atomic mass is 16.2. The number of para-hydroxylation sites is 1. The lowest BCUT2D eigenvalue weighted by Gasteiger charge is -2.34. The summed E-state index contributed by atoms with van der Waals surface area (Å²) in [5, 5.41) is 4.55. The van der Waals surface area contributed by atoms with E-state index in [1.807, 2.05) is 60.6 Å². The number of piperazine rings is 1. The van der Waals surface area contributed by atoms with Gasteiger partial charge < -0.3 is 4.90 Å². The van der Waals surface area contributed by atoms with Crippen LogP contribution in [-0.4, -0.2) is 56.7 Å². The number of benzene rings is 1. The number of aryl methyl sites for hydroxylation is 1. The summed E-state index contributed by atoms with van der Waals surface area (Å²) in [6.07, 6.45) is 5.61. The highest BCUT2D eigenvalue weighted by Gasteiger charge is 2.25. The van der Waals surface area contributed by atoms with Gasteiger partial charge in [-0.3, -0.25) is 14.7 Å². The summed E-state index contributed by atoms with van der Waals surface area (Å²) in [6.45, 7) is 5.97. The van der Waals surface area contributed by atoms with Crippen LogP contribution in [0.25, 0.3) is 5.69 Å². The first-order valence-electron chi connectivity index (χ1n) is 9.23. The standard InChI is InChI=1S/C21H23N5O/c1-17-15-26(19-7-3-2-4-8-19)23-20(17)21(27)25-12-10-24(11-13-25)16-18-6-5-9-22-14-18/h2-9,14-15H,10-13,16H2,1H3. The second kappa shape index (κ2) is 7.72. The second-order valence-electron chi connectivity index (χ2n) is 6.87. The number of aromatic nitrogens is 3. The van der Waals surface area contributed by atoms with Crippen molar-refractivity contribution in [3.63, 3.8) is 0 Å². The summed E-state index contributed by atoms with van der Waals surface area (Å²) in [5.74, 6) is 0.0169. The van der Waals surface area contributed by atoms with E-state index in [1.165, 1.54) is 5.56 Å². The smallest absolute Gasteiger partial charge is 0.274 e. The molecule has 1 aromatic carbocycles. The van der Waals surface area contributed by atoms with Crippen LogP contribution in [0.2, 0.25) is 0 Å². The lowest BCUT2D eigenvalue weighted by molar-refractivity contribution is 0.0621. The topological polar surface area (TPSA) is 54.3 Å². The Hall–Kier alpha value is -2.99. The Balaban J connectivity index is 1.40. The van der Waals surface area contributed by atoms with Crippen LogP contribution in [0, 0.1) is 6.92 Å². The van der Waals surface area contributed by atoms with Gasteiger partial charge >= 0.3 is 0 Å². The number of pyridine rings is 1. The van der Waals surface area contributed by atoms with E-state index in [2.05, 4.69) is 21.0 Å². The van der Waals surface area contributed by atoms with Crippen LogP contribution < -0.4 is 0 Å². The molecule has 27 heavy (non-hydrogen) atoms. The minimum absolute atomic E-state index is 0.0169. The van der Waals surface area contributed by atoms with Crippen LogP contribution in [0.5, 0.6) is 0 Å². The normalized spacial score (nSPS) is 15.1. The molecule has 1 fully saturated rings. The second-order valence-corrected chi connectivity index (χ2v) is 6.87. The van der Waals surface area contributed by atoms with Crippen molar-refractivity contribution in [3.05, 3.63) is 77.9 Å². The molecule has 3 heterocycles. The molecule has 138 valence electrons. The van der Waals surface area contributed by atoms with Crippen LogP contribution in [0.1, 0.15) is 21.6 Å². The molecule has 3 aromatic rings. The van der Waals surface area contributed by atoms with Crippen molar-refractivity contribution in [2.45, 2.75) is 13.5 Å². The van der Waals surface area contributed by atoms with Crippen molar-refractivity contribution in [1.82, 2.24) is 24.6 Å². The summed E-state index contributed by atoms with van der Waals surface area (Å²) in [6, 6.07) is 13.9. The molecular formula is C21H23N5O. The Morgan fingerprint density at radius 3 is 2.52 bits per heavy atom. The fourth-order valence-corrected chi connectivity index (χ4v) is 3.39. The number of carbonyl (C=O) groups is 1. The molecule has 4 rings (SSSR count). The van der Waals surface area contributed by atoms with Gasteiger partial charge in [0.25, 0.3) is 5.91 Å². The molecule has 6 nitrogen and oxygen atoms in total. The van der Waals surface area contributed by atoms with Gasteiger partial charge in [0.2, 0.25) is 0 Å². The van der Waals surface area contributed by atoms with Gasteiger partial charge in [-0.2, -0.15) is 5.10 Å². The fraction of sp³-hybridized carbons (Fsp3) is 0.286. The average Bonchev–Trinajstić information content (AvgIpc) is 3.11. The number of hydrogen-bond donors (Lipinski definition) is 0. The zero-order chi connectivity index (χ0) is 18.6. The number of amides is 1. The Kier molecular flexibility index (Phi) is 4.98. The van der Waals surface area contributed by atoms with Gasteiger partial charge in [0.15, 0.2) is 5.69 Å². The number of rotatable bonds is 4. The summed E-state index contributed by atoms with van der Waals surface area (Å²) in [7, 11) is 0. The monoisotopic (exact) mass is 361 g/mol. The van der Waals surface area contributed by atoms with E-state index in [9.17, 15) is 4.79 Å². The predicted octanol–water partition coefficient (Wildman–Crippen LogP) is 2.53. The summed E-state index contributed by atoms with van der Waals surface area (Å²) in [5.41, 5.74) is 3.61. The predicted molar refractivity (Wildman–Crippen MR) is 104 cm³/mol. The van der Waals surface area contributed by atoms with Crippen molar-refractivity contribution in [2.75, 3.05) is 26.2 Å². The molecule has 0 N–H and O–H groups in total. The van der Waals surface area contributed by atoms with E-state index in [4.69, 9.17) is 0 Å². The zero-order valence-electron chi connectivity index (χ0n) is 15.5. The van der Waals surface area contributed by atoms with Gasteiger partial charge in [-0.05, 0) is 30.7 Å². The van der Waals surface area contributed by atoms with Gasteiger partial charge in [-0.1, -0.05) is 24.3 Å².